The van der Waals surface area contributed by atoms with Crippen LogP contribution in [0.2, 0.25) is 0 Å². The summed E-state index contributed by atoms with van der Waals surface area (Å²) in [4.78, 5) is 12.3. The molecule has 0 saturated carbocycles. The fourth-order valence-corrected chi connectivity index (χ4v) is 2.83. The molecule has 1 aromatic carbocycles. The van der Waals surface area contributed by atoms with Crippen molar-refractivity contribution < 1.29 is 9.53 Å². The summed E-state index contributed by atoms with van der Waals surface area (Å²) in [5.74, 6) is -0.218. The van der Waals surface area contributed by atoms with Crippen LogP contribution in [0.25, 0.3) is 0 Å². The number of rotatable bonds is 10. The number of benzene rings is 1. The van der Waals surface area contributed by atoms with Gasteiger partial charge in [0, 0.05) is 6.54 Å². The molecule has 118 valence electrons. The van der Waals surface area contributed by atoms with E-state index in [1.165, 1.54) is 32.8 Å². The fraction of sp³-hybridized carbons (Fsp3) is 0.611. The quantitative estimate of drug-likeness (QED) is 0.527. The lowest BCUT2D eigenvalue weighted by Crippen LogP contribution is -2.43. The molecule has 1 rings (SSSR count). The van der Waals surface area contributed by atoms with Crippen LogP contribution in [0.1, 0.15) is 57.4 Å². The summed E-state index contributed by atoms with van der Waals surface area (Å²) in [6.45, 7) is 2.50. The Morgan fingerprint density at radius 2 is 1.71 bits per heavy atom. The van der Waals surface area contributed by atoms with Crippen molar-refractivity contribution in [3.63, 3.8) is 0 Å². The van der Waals surface area contributed by atoms with Crippen molar-refractivity contribution >= 4 is 5.97 Å². The van der Waals surface area contributed by atoms with Crippen LogP contribution in [0.15, 0.2) is 30.3 Å². The lowest BCUT2D eigenvalue weighted by Gasteiger charge is -2.30. The number of unbranched alkanes of at least 4 members (excludes halogenated alkanes) is 5. The molecule has 3 heteroatoms. The number of carbonyl (C=O) groups excluding carboxylic acids is 1. The Labute approximate surface area is 128 Å². The standard InChI is InChI=1S/C18H29NO2/c1-3-4-5-6-7-11-14-18(15-19,17(20)21-2)16-12-9-8-10-13-16/h8-10,12-13H,3-7,11,14-15,19H2,1-2H3. The van der Waals surface area contributed by atoms with Crippen LogP contribution in [0.3, 0.4) is 0 Å². The van der Waals surface area contributed by atoms with Gasteiger partial charge in [-0.15, -0.1) is 0 Å². The number of esters is 1. The second-order valence-corrected chi connectivity index (χ2v) is 5.66. The number of hydrogen-bond donors (Lipinski definition) is 1. The molecule has 0 aliphatic heterocycles. The SMILES string of the molecule is CCCCCCCCC(CN)(C(=O)OC)c1ccccc1. The summed E-state index contributed by atoms with van der Waals surface area (Å²) in [6.07, 6.45) is 7.94. The maximum Gasteiger partial charge on any atom is 0.317 e. The lowest BCUT2D eigenvalue weighted by molar-refractivity contribution is -0.147. The summed E-state index contributed by atoms with van der Waals surface area (Å²) in [6, 6.07) is 9.79. The molecule has 0 radical (unpaired) electrons. The zero-order valence-corrected chi connectivity index (χ0v) is 13.4. The Kier molecular flexibility index (Phi) is 8.06. The molecule has 21 heavy (non-hydrogen) atoms. The number of ether oxygens (including phenoxy) is 1. The first-order valence-electron chi connectivity index (χ1n) is 8.05. The number of carbonyl (C=O) groups is 1. The third kappa shape index (κ3) is 4.85. The summed E-state index contributed by atoms with van der Waals surface area (Å²) >= 11 is 0. The Morgan fingerprint density at radius 3 is 2.29 bits per heavy atom. The molecule has 0 aliphatic carbocycles. The van der Waals surface area contributed by atoms with E-state index in [1.807, 2.05) is 30.3 Å². The van der Waals surface area contributed by atoms with Crippen LogP contribution in [-0.2, 0) is 14.9 Å². The van der Waals surface area contributed by atoms with E-state index < -0.39 is 5.41 Å². The molecule has 0 spiro atoms. The zero-order chi connectivity index (χ0) is 15.6. The van der Waals surface area contributed by atoms with Gasteiger partial charge in [-0.2, -0.15) is 0 Å². The Hall–Kier alpha value is -1.35. The highest BCUT2D eigenvalue weighted by Gasteiger charge is 2.39. The number of methoxy groups -OCH3 is 1. The molecule has 0 saturated heterocycles. The van der Waals surface area contributed by atoms with E-state index in [0.717, 1.165) is 24.8 Å². The third-order valence-corrected chi connectivity index (χ3v) is 4.21. The maximum atomic E-state index is 12.3. The first kappa shape index (κ1) is 17.7. The molecule has 0 aliphatic rings. The highest BCUT2D eigenvalue weighted by molar-refractivity contribution is 5.83. The van der Waals surface area contributed by atoms with Crippen molar-refractivity contribution in [1.82, 2.24) is 0 Å². The zero-order valence-electron chi connectivity index (χ0n) is 13.4. The van der Waals surface area contributed by atoms with E-state index in [9.17, 15) is 4.79 Å². The predicted molar refractivity (Wildman–Crippen MR) is 87.2 cm³/mol. The smallest absolute Gasteiger partial charge is 0.317 e. The molecule has 0 amide bonds. The van der Waals surface area contributed by atoms with Gasteiger partial charge in [0.2, 0.25) is 0 Å². The lowest BCUT2D eigenvalue weighted by atomic mass is 9.76. The Balaban J connectivity index is 2.71. The molecular weight excluding hydrogens is 262 g/mol. The summed E-state index contributed by atoms with van der Waals surface area (Å²) in [7, 11) is 1.44. The summed E-state index contributed by atoms with van der Waals surface area (Å²) in [5, 5.41) is 0. The van der Waals surface area contributed by atoms with E-state index in [4.69, 9.17) is 10.5 Å². The van der Waals surface area contributed by atoms with Gasteiger partial charge in [0.25, 0.3) is 0 Å². The molecule has 1 aromatic rings. The van der Waals surface area contributed by atoms with Gasteiger partial charge < -0.3 is 10.5 Å². The van der Waals surface area contributed by atoms with E-state index in [2.05, 4.69) is 6.92 Å². The van der Waals surface area contributed by atoms with Crippen LogP contribution in [-0.4, -0.2) is 19.6 Å². The van der Waals surface area contributed by atoms with Crippen molar-refractivity contribution in [2.75, 3.05) is 13.7 Å². The van der Waals surface area contributed by atoms with Crippen LogP contribution in [0.5, 0.6) is 0 Å². The molecule has 1 unspecified atom stereocenters. The second-order valence-electron chi connectivity index (χ2n) is 5.66. The van der Waals surface area contributed by atoms with E-state index in [-0.39, 0.29) is 5.97 Å². The summed E-state index contributed by atoms with van der Waals surface area (Å²) < 4.78 is 5.04. The highest BCUT2D eigenvalue weighted by atomic mass is 16.5. The van der Waals surface area contributed by atoms with Crippen LogP contribution in [0.4, 0.5) is 0 Å². The van der Waals surface area contributed by atoms with E-state index in [1.54, 1.807) is 0 Å². The third-order valence-electron chi connectivity index (χ3n) is 4.21. The normalized spacial score (nSPS) is 13.7. The van der Waals surface area contributed by atoms with Crippen molar-refractivity contribution in [3.05, 3.63) is 35.9 Å². The molecule has 0 fully saturated rings. The minimum absolute atomic E-state index is 0.218. The average molecular weight is 291 g/mol. The van der Waals surface area contributed by atoms with Gasteiger partial charge in [-0.1, -0.05) is 75.8 Å². The average Bonchev–Trinajstić information content (AvgIpc) is 2.55. The molecule has 0 bridgehead atoms. The maximum absolute atomic E-state index is 12.3. The predicted octanol–water partition coefficient (Wildman–Crippen LogP) is 3.81. The minimum Gasteiger partial charge on any atom is -0.468 e. The van der Waals surface area contributed by atoms with Crippen molar-refractivity contribution in [1.29, 1.82) is 0 Å². The Morgan fingerprint density at radius 1 is 1.10 bits per heavy atom. The monoisotopic (exact) mass is 291 g/mol. The van der Waals surface area contributed by atoms with Gasteiger partial charge in [0.15, 0.2) is 0 Å². The van der Waals surface area contributed by atoms with Crippen LogP contribution in [0, 0.1) is 0 Å². The first-order valence-corrected chi connectivity index (χ1v) is 8.05. The number of hydrogen-bond acceptors (Lipinski definition) is 3. The first-order chi connectivity index (χ1) is 10.2. The molecule has 3 nitrogen and oxygen atoms in total. The van der Waals surface area contributed by atoms with Gasteiger partial charge in [0.05, 0.1) is 7.11 Å². The van der Waals surface area contributed by atoms with E-state index >= 15 is 0 Å². The molecular formula is C18H29NO2. The topological polar surface area (TPSA) is 52.3 Å². The largest absolute Gasteiger partial charge is 0.468 e. The van der Waals surface area contributed by atoms with Gasteiger partial charge in [0.1, 0.15) is 5.41 Å². The van der Waals surface area contributed by atoms with E-state index in [0.29, 0.717) is 6.54 Å². The van der Waals surface area contributed by atoms with Gasteiger partial charge in [-0.25, -0.2) is 0 Å². The van der Waals surface area contributed by atoms with Crippen molar-refractivity contribution in [2.24, 2.45) is 5.73 Å². The molecule has 0 heterocycles. The minimum atomic E-state index is -0.694. The fourth-order valence-electron chi connectivity index (χ4n) is 2.83. The summed E-state index contributed by atoms with van der Waals surface area (Å²) in [5.41, 5.74) is 6.25. The molecule has 0 aromatic heterocycles. The number of nitrogens with two attached hydrogens (primary N) is 1. The molecule has 2 N–H and O–H groups in total. The van der Waals surface area contributed by atoms with Gasteiger partial charge >= 0.3 is 5.97 Å². The van der Waals surface area contributed by atoms with Crippen LogP contribution >= 0.6 is 0 Å². The highest BCUT2D eigenvalue weighted by Crippen LogP contribution is 2.31. The van der Waals surface area contributed by atoms with Crippen molar-refractivity contribution in [2.45, 2.75) is 57.3 Å². The van der Waals surface area contributed by atoms with Gasteiger partial charge in [-0.3, -0.25) is 4.79 Å². The Bertz CT molecular complexity index is 405. The van der Waals surface area contributed by atoms with Crippen LogP contribution < -0.4 is 5.73 Å². The van der Waals surface area contributed by atoms with Gasteiger partial charge in [-0.05, 0) is 12.0 Å². The van der Waals surface area contributed by atoms with Crippen molar-refractivity contribution in [3.8, 4) is 0 Å². The molecule has 1 atom stereocenters. The second kappa shape index (κ2) is 9.56.